The Balaban J connectivity index is 2.77. The molecule has 0 aromatic heterocycles. The van der Waals surface area contributed by atoms with Crippen LogP contribution in [0, 0.1) is 0 Å². The summed E-state index contributed by atoms with van der Waals surface area (Å²) in [4.78, 5) is 11.0. The van der Waals surface area contributed by atoms with Gasteiger partial charge in [-0.2, -0.15) is 0 Å². The zero-order valence-corrected chi connectivity index (χ0v) is 9.79. The molecule has 2 aromatic carbocycles. The smallest absolute Gasteiger partial charge is 0.150 e. The van der Waals surface area contributed by atoms with E-state index in [9.17, 15) is 4.79 Å². The third kappa shape index (κ3) is 1.73. The van der Waals surface area contributed by atoms with Gasteiger partial charge in [0.05, 0.1) is 0 Å². The van der Waals surface area contributed by atoms with Gasteiger partial charge >= 0.3 is 0 Å². The number of carbonyl (C=O) groups is 1. The molecule has 0 aliphatic carbocycles. The summed E-state index contributed by atoms with van der Waals surface area (Å²) >= 11 is 0. The number of hydrogen-bond acceptors (Lipinski definition) is 1. The number of fused-ring (bicyclic) bond motifs is 1. The Bertz CT molecular complexity index is 526. The van der Waals surface area contributed by atoms with Crippen molar-refractivity contribution in [2.45, 2.75) is 26.7 Å². The van der Waals surface area contributed by atoms with E-state index in [2.05, 4.69) is 38.1 Å². The fraction of sp³-hybridized carbons (Fsp3) is 0.267. The number of benzene rings is 2. The Morgan fingerprint density at radius 3 is 2.44 bits per heavy atom. The lowest BCUT2D eigenvalue weighted by Crippen LogP contribution is -1.93. The van der Waals surface area contributed by atoms with E-state index < -0.39 is 0 Å². The second-order valence-corrected chi connectivity index (χ2v) is 4.01. The Kier molecular flexibility index (Phi) is 3.04. The van der Waals surface area contributed by atoms with Crippen LogP contribution >= 0.6 is 0 Å². The molecule has 0 spiro atoms. The third-order valence-corrected chi connectivity index (χ3v) is 3.12. The molecule has 0 aliphatic rings. The highest BCUT2D eigenvalue weighted by molar-refractivity contribution is 5.92. The van der Waals surface area contributed by atoms with Gasteiger partial charge in [-0.3, -0.25) is 4.79 Å². The van der Waals surface area contributed by atoms with E-state index in [0.717, 1.165) is 30.3 Å². The molecule has 1 nitrogen and oxygen atoms in total. The van der Waals surface area contributed by atoms with Crippen LogP contribution < -0.4 is 0 Å². The van der Waals surface area contributed by atoms with Crippen LogP contribution in [0.1, 0.15) is 35.3 Å². The zero-order chi connectivity index (χ0) is 11.5. The fourth-order valence-corrected chi connectivity index (χ4v) is 2.18. The summed E-state index contributed by atoms with van der Waals surface area (Å²) in [5.74, 6) is 0. The van der Waals surface area contributed by atoms with E-state index >= 15 is 0 Å². The maximum atomic E-state index is 11.0. The van der Waals surface area contributed by atoms with Crippen LogP contribution in [0.15, 0.2) is 30.3 Å². The van der Waals surface area contributed by atoms with E-state index in [0.29, 0.717) is 0 Å². The minimum Gasteiger partial charge on any atom is -0.298 e. The lowest BCUT2D eigenvalue weighted by atomic mass is 9.96. The van der Waals surface area contributed by atoms with Gasteiger partial charge in [-0.05, 0) is 40.8 Å². The zero-order valence-electron chi connectivity index (χ0n) is 9.79. The first-order valence-electron chi connectivity index (χ1n) is 5.79. The van der Waals surface area contributed by atoms with Crippen LogP contribution in [0.2, 0.25) is 0 Å². The normalized spacial score (nSPS) is 10.6. The predicted octanol–water partition coefficient (Wildman–Crippen LogP) is 3.78. The Morgan fingerprint density at radius 2 is 1.81 bits per heavy atom. The van der Waals surface area contributed by atoms with Gasteiger partial charge in [-0.15, -0.1) is 0 Å². The van der Waals surface area contributed by atoms with Gasteiger partial charge in [-0.1, -0.05) is 38.1 Å². The minimum absolute atomic E-state index is 0.830. The minimum atomic E-state index is 0.830. The van der Waals surface area contributed by atoms with Crippen LogP contribution in [-0.4, -0.2) is 6.29 Å². The van der Waals surface area contributed by atoms with E-state index in [1.807, 2.05) is 6.07 Å². The lowest BCUT2D eigenvalue weighted by molar-refractivity contribution is 0.112. The van der Waals surface area contributed by atoms with Crippen LogP contribution in [0.3, 0.4) is 0 Å². The Morgan fingerprint density at radius 1 is 1.06 bits per heavy atom. The van der Waals surface area contributed by atoms with Crippen molar-refractivity contribution in [3.05, 3.63) is 47.0 Å². The van der Waals surface area contributed by atoms with Crippen LogP contribution in [0.5, 0.6) is 0 Å². The van der Waals surface area contributed by atoms with Gasteiger partial charge in [0.25, 0.3) is 0 Å². The number of aryl methyl sites for hydroxylation is 2. The molecule has 0 unspecified atom stereocenters. The van der Waals surface area contributed by atoms with Crippen molar-refractivity contribution in [1.29, 1.82) is 0 Å². The first-order valence-corrected chi connectivity index (χ1v) is 5.79. The first kappa shape index (κ1) is 10.9. The van der Waals surface area contributed by atoms with Gasteiger partial charge in [0.1, 0.15) is 6.29 Å². The SMILES string of the molecule is CCc1cc2cccc(CC)c2cc1C=O. The average Bonchev–Trinajstić information content (AvgIpc) is 2.36. The van der Waals surface area contributed by atoms with E-state index in [-0.39, 0.29) is 0 Å². The molecule has 0 amide bonds. The summed E-state index contributed by atoms with van der Waals surface area (Å²) in [6, 6.07) is 10.5. The summed E-state index contributed by atoms with van der Waals surface area (Å²) < 4.78 is 0. The highest BCUT2D eigenvalue weighted by atomic mass is 16.1. The molecule has 0 fully saturated rings. The molecule has 0 N–H and O–H groups in total. The first-order chi connectivity index (χ1) is 7.80. The van der Waals surface area contributed by atoms with Crippen molar-refractivity contribution >= 4 is 17.1 Å². The van der Waals surface area contributed by atoms with Crippen molar-refractivity contribution < 1.29 is 4.79 Å². The monoisotopic (exact) mass is 212 g/mol. The lowest BCUT2D eigenvalue weighted by Gasteiger charge is -2.08. The van der Waals surface area contributed by atoms with Crippen molar-refractivity contribution in [2.24, 2.45) is 0 Å². The molecule has 0 radical (unpaired) electrons. The topological polar surface area (TPSA) is 17.1 Å². The molecule has 82 valence electrons. The molecule has 0 saturated carbocycles. The van der Waals surface area contributed by atoms with Crippen molar-refractivity contribution in [3.8, 4) is 0 Å². The van der Waals surface area contributed by atoms with Gasteiger partial charge in [0.2, 0.25) is 0 Å². The molecule has 0 atom stereocenters. The average molecular weight is 212 g/mol. The quantitative estimate of drug-likeness (QED) is 0.708. The number of hydrogen-bond donors (Lipinski definition) is 0. The van der Waals surface area contributed by atoms with Gasteiger partial charge in [0.15, 0.2) is 0 Å². The molecule has 16 heavy (non-hydrogen) atoms. The van der Waals surface area contributed by atoms with E-state index in [1.54, 1.807) is 0 Å². The maximum absolute atomic E-state index is 11.0. The highest BCUT2D eigenvalue weighted by Gasteiger charge is 2.05. The number of carbonyl (C=O) groups excluding carboxylic acids is 1. The van der Waals surface area contributed by atoms with Crippen LogP contribution in [0.4, 0.5) is 0 Å². The molecule has 2 rings (SSSR count). The van der Waals surface area contributed by atoms with Crippen molar-refractivity contribution in [3.63, 3.8) is 0 Å². The molecule has 0 aliphatic heterocycles. The molecule has 1 heteroatoms. The van der Waals surface area contributed by atoms with Gasteiger partial charge in [-0.25, -0.2) is 0 Å². The van der Waals surface area contributed by atoms with Crippen molar-refractivity contribution in [1.82, 2.24) is 0 Å². The Labute approximate surface area is 96.1 Å². The van der Waals surface area contributed by atoms with Gasteiger partial charge < -0.3 is 0 Å². The fourth-order valence-electron chi connectivity index (χ4n) is 2.18. The van der Waals surface area contributed by atoms with Gasteiger partial charge in [0, 0.05) is 5.56 Å². The van der Waals surface area contributed by atoms with E-state index in [1.165, 1.54) is 16.3 Å². The summed E-state index contributed by atoms with van der Waals surface area (Å²) in [7, 11) is 0. The standard InChI is InChI=1S/C15H16O/c1-3-11-6-5-7-13-8-12(4-2)14(10-16)9-15(11)13/h5-10H,3-4H2,1-2H3. The molecule has 0 heterocycles. The Hall–Kier alpha value is -1.63. The van der Waals surface area contributed by atoms with E-state index in [4.69, 9.17) is 0 Å². The molecule has 2 aromatic rings. The summed E-state index contributed by atoms with van der Waals surface area (Å²) in [5.41, 5.74) is 3.27. The number of aldehydes is 1. The molecule has 0 saturated heterocycles. The second kappa shape index (κ2) is 4.48. The van der Waals surface area contributed by atoms with Crippen molar-refractivity contribution in [2.75, 3.05) is 0 Å². The maximum Gasteiger partial charge on any atom is 0.150 e. The second-order valence-electron chi connectivity index (χ2n) is 4.01. The largest absolute Gasteiger partial charge is 0.298 e. The molecular formula is C15H16O. The molecular weight excluding hydrogens is 196 g/mol. The third-order valence-electron chi connectivity index (χ3n) is 3.12. The summed E-state index contributed by atoms with van der Waals surface area (Å²) in [6.45, 7) is 4.22. The van der Waals surface area contributed by atoms with Crippen LogP contribution in [-0.2, 0) is 12.8 Å². The molecule has 0 bridgehead atoms. The number of rotatable bonds is 3. The summed E-state index contributed by atoms with van der Waals surface area (Å²) in [5, 5.41) is 2.45. The predicted molar refractivity (Wildman–Crippen MR) is 68.1 cm³/mol. The highest BCUT2D eigenvalue weighted by Crippen LogP contribution is 2.23. The summed E-state index contributed by atoms with van der Waals surface area (Å²) in [6.07, 6.45) is 2.87. The van der Waals surface area contributed by atoms with Crippen LogP contribution in [0.25, 0.3) is 10.8 Å².